The molecule has 3 atom stereocenters. The Morgan fingerprint density at radius 2 is 1.83 bits per heavy atom. The molecular weight excluding hydrogens is 394 g/mol. The van der Waals surface area contributed by atoms with E-state index < -0.39 is 0 Å². The number of phenolic OH excluding ortho intramolecular Hbond substituents is 1. The Kier molecular flexibility index (Phi) is 8.18. The third kappa shape index (κ3) is 5.10. The lowest BCUT2D eigenvalue weighted by Crippen LogP contribution is -2.49. The Hall–Kier alpha value is -0.930. The summed E-state index contributed by atoms with van der Waals surface area (Å²) in [4.78, 5) is 2.35. The van der Waals surface area contributed by atoms with Crippen LogP contribution in [0, 0.1) is 5.92 Å². The molecule has 1 aliphatic carbocycles. The molecule has 0 aromatic heterocycles. The third-order valence-corrected chi connectivity index (χ3v) is 7.75. The van der Waals surface area contributed by atoms with Crippen molar-refractivity contribution in [3.05, 3.63) is 23.3 Å². The van der Waals surface area contributed by atoms with E-state index in [1.54, 1.807) is 0 Å². The standard InChI is InChI=1S/C26H43NO2.ClH/c1-8-9-10-11-14-25(2,3)18-15-22(28)24-20-17-19(27(6)7)12-13-21(20)26(4,5)29-23(24)16-18;/h15-16,19-21,28H,8-14,17H2,1-7H3;1H. The van der Waals surface area contributed by atoms with Crippen LogP contribution in [0.5, 0.6) is 11.5 Å². The average Bonchev–Trinajstić information content (AvgIpc) is 2.64. The minimum absolute atomic E-state index is 0. The van der Waals surface area contributed by atoms with E-state index in [0.717, 1.165) is 30.6 Å². The molecular formula is C26H44ClNO2. The Morgan fingerprint density at radius 1 is 1.13 bits per heavy atom. The summed E-state index contributed by atoms with van der Waals surface area (Å²) in [7, 11) is 4.36. The van der Waals surface area contributed by atoms with E-state index in [-0.39, 0.29) is 23.4 Å². The lowest BCUT2D eigenvalue weighted by Gasteiger charge is -2.50. The number of benzene rings is 1. The molecule has 1 fully saturated rings. The molecule has 2 aliphatic rings. The molecule has 0 saturated heterocycles. The van der Waals surface area contributed by atoms with Crippen LogP contribution in [0.15, 0.2) is 12.1 Å². The fourth-order valence-electron chi connectivity index (χ4n) is 5.73. The quantitative estimate of drug-likeness (QED) is 0.464. The molecule has 0 amide bonds. The van der Waals surface area contributed by atoms with Crippen LogP contribution in [0.2, 0.25) is 0 Å². The number of unbranched alkanes of at least 4 members (excludes halogenated alkanes) is 3. The zero-order valence-corrected chi connectivity index (χ0v) is 21.1. The first-order valence-corrected chi connectivity index (χ1v) is 11.8. The molecule has 30 heavy (non-hydrogen) atoms. The predicted molar refractivity (Wildman–Crippen MR) is 129 cm³/mol. The molecule has 0 radical (unpaired) electrons. The number of nitrogens with zero attached hydrogens (tertiary/aromatic N) is 1. The molecule has 0 spiro atoms. The van der Waals surface area contributed by atoms with E-state index in [1.807, 2.05) is 6.07 Å². The summed E-state index contributed by atoms with van der Waals surface area (Å²) < 4.78 is 6.57. The fraction of sp³-hybridized carbons (Fsp3) is 0.769. The maximum Gasteiger partial charge on any atom is 0.127 e. The normalized spacial score (nSPS) is 25.1. The van der Waals surface area contributed by atoms with Crippen LogP contribution in [0.1, 0.15) is 103 Å². The van der Waals surface area contributed by atoms with Crippen molar-refractivity contribution in [2.45, 2.75) is 109 Å². The van der Waals surface area contributed by atoms with E-state index in [0.29, 0.717) is 23.6 Å². The molecule has 1 N–H and O–H groups in total. The van der Waals surface area contributed by atoms with Gasteiger partial charge in [0.15, 0.2) is 0 Å². The molecule has 0 bridgehead atoms. The van der Waals surface area contributed by atoms with E-state index in [2.05, 4.69) is 59.7 Å². The molecule has 1 heterocycles. The van der Waals surface area contributed by atoms with Crippen molar-refractivity contribution in [1.29, 1.82) is 0 Å². The summed E-state index contributed by atoms with van der Waals surface area (Å²) in [5.41, 5.74) is 2.13. The van der Waals surface area contributed by atoms with Gasteiger partial charge in [-0.05, 0) is 82.7 Å². The first kappa shape index (κ1) is 25.3. The van der Waals surface area contributed by atoms with Crippen molar-refractivity contribution in [1.82, 2.24) is 4.90 Å². The van der Waals surface area contributed by atoms with Gasteiger partial charge in [0.05, 0.1) is 0 Å². The van der Waals surface area contributed by atoms with Crippen molar-refractivity contribution in [3.63, 3.8) is 0 Å². The molecule has 1 saturated carbocycles. The number of hydrogen-bond donors (Lipinski definition) is 1. The Labute approximate surface area is 191 Å². The van der Waals surface area contributed by atoms with Gasteiger partial charge in [0.25, 0.3) is 0 Å². The van der Waals surface area contributed by atoms with Crippen LogP contribution in [-0.2, 0) is 5.41 Å². The van der Waals surface area contributed by atoms with Crippen LogP contribution in [0.4, 0.5) is 0 Å². The van der Waals surface area contributed by atoms with Crippen LogP contribution < -0.4 is 4.74 Å². The fourth-order valence-corrected chi connectivity index (χ4v) is 5.73. The van der Waals surface area contributed by atoms with Crippen LogP contribution in [0.25, 0.3) is 0 Å². The van der Waals surface area contributed by atoms with Crippen molar-refractivity contribution in [2.75, 3.05) is 14.1 Å². The number of rotatable bonds is 7. The van der Waals surface area contributed by atoms with Crippen LogP contribution >= 0.6 is 12.4 Å². The van der Waals surface area contributed by atoms with Gasteiger partial charge in [0, 0.05) is 17.5 Å². The predicted octanol–water partition coefficient (Wildman–Crippen LogP) is 7.05. The van der Waals surface area contributed by atoms with Crippen molar-refractivity contribution in [2.24, 2.45) is 5.92 Å². The van der Waals surface area contributed by atoms with E-state index in [9.17, 15) is 5.11 Å². The molecule has 1 aromatic rings. The van der Waals surface area contributed by atoms with Crippen LogP contribution in [-0.4, -0.2) is 35.7 Å². The molecule has 3 nitrogen and oxygen atoms in total. The molecule has 172 valence electrons. The second-order valence-electron chi connectivity index (χ2n) is 11.0. The summed E-state index contributed by atoms with van der Waals surface area (Å²) in [6.07, 6.45) is 9.70. The molecule has 4 heteroatoms. The summed E-state index contributed by atoms with van der Waals surface area (Å²) >= 11 is 0. The number of halogens is 1. The van der Waals surface area contributed by atoms with Gasteiger partial charge in [-0.25, -0.2) is 0 Å². The maximum atomic E-state index is 11.2. The summed E-state index contributed by atoms with van der Waals surface area (Å²) in [5.74, 6) is 2.21. The first-order valence-electron chi connectivity index (χ1n) is 11.8. The summed E-state index contributed by atoms with van der Waals surface area (Å²) in [5, 5.41) is 11.2. The third-order valence-electron chi connectivity index (χ3n) is 7.75. The highest BCUT2D eigenvalue weighted by molar-refractivity contribution is 5.85. The first-order chi connectivity index (χ1) is 13.6. The van der Waals surface area contributed by atoms with Gasteiger partial charge in [-0.1, -0.05) is 46.5 Å². The number of aromatic hydroxyl groups is 1. The highest BCUT2D eigenvalue weighted by Gasteiger charge is 2.48. The van der Waals surface area contributed by atoms with Gasteiger partial charge < -0.3 is 14.7 Å². The topological polar surface area (TPSA) is 32.7 Å². The highest BCUT2D eigenvalue weighted by atomic mass is 35.5. The number of fused-ring (bicyclic) bond motifs is 3. The van der Waals surface area contributed by atoms with E-state index >= 15 is 0 Å². The Morgan fingerprint density at radius 3 is 2.47 bits per heavy atom. The van der Waals surface area contributed by atoms with E-state index in [4.69, 9.17) is 4.74 Å². The van der Waals surface area contributed by atoms with Crippen molar-refractivity contribution < 1.29 is 9.84 Å². The largest absolute Gasteiger partial charge is 0.508 e. The molecule has 3 rings (SSSR count). The summed E-state index contributed by atoms with van der Waals surface area (Å²) in [6.45, 7) is 11.3. The SMILES string of the molecule is CCCCCCC(C)(C)c1cc(O)c2c(c1)OC(C)(C)C1CCC(N(C)C)CC21.Cl. The molecule has 1 aromatic carbocycles. The van der Waals surface area contributed by atoms with E-state index in [1.165, 1.54) is 37.7 Å². The number of phenols is 1. The van der Waals surface area contributed by atoms with Gasteiger partial charge in [-0.3, -0.25) is 0 Å². The Bertz CT molecular complexity index is 713. The zero-order chi connectivity index (χ0) is 21.4. The minimum atomic E-state index is -0.189. The second kappa shape index (κ2) is 9.69. The highest BCUT2D eigenvalue weighted by Crippen LogP contribution is 2.55. The number of ether oxygens (including phenoxy) is 1. The van der Waals surface area contributed by atoms with Gasteiger partial charge in [-0.2, -0.15) is 0 Å². The van der Waals surface area contributed by atoms with Gasteiger partial charge >= 0.3 is 0 Å². The van der Waals surface area contributed by atoms with Gasteiger partial charge in [-0.15, -0.1) is 12.4 Å². The lowest BCUT2D eigenvalue weighted by molar-refractivity contribution is -0.0195. The van der Waals surface area contributed by atoms with Crippen LogP contribution in [0.3, 0.4) is 0 Å². The molecule has 3 unspecified atom stereocenters. The molecule has 1 aliphatic heterocycles. The maximum absolute atomic E-state index is 11.2. The van der Waals surface area contributed by atoms with Crippen molar-refractivity contribution in [3.8, 4) is 11.5 Å². The average molecular weight is 438 g/mol. The monoisotopic (exact) mass is 437 g/mol. The summed E-state index contributed by atoms with van der Waals surface area (Å²) in [6, 6.07) is 4.86. The minimum Gasteiger partial charge on any atom is -0.508 e. The smallest absolute Gasteiger partial charge is 0.127 e. The Balaban J connectivity index is 0.00000320. The lowest BCUT2D eigenvalue weighted by atomic mass is 9.64. The second-order valence-corrected chi connectivity index (χ2v) is 11.0. The van der Waals surface area contributed by atoms with Gasteiger partial charge in [0.1, 0.15) is 17.1 Å². The number of hydrogen-bond acceptors (Lipinski definition) is 3. The van der Waals surface area contributed by atoms with Crippen molar-refractivity contribution >= 4 is 12.4 Å². The van der Waals surface area contributed by atoms with Gasteiger partial charge in [0.2, 0.25) is 0 Å². The zero-order valence-electron chi connectivity index (χ0n) is 20.3.